The van der Waals surface area contributed by atoms with Crippen LogP contribution < -0.4 is 9.47 Å². The van der Waals surface area contributed by atoms with E-state index in [1.807, 2.05) is 24.3 Å². The predicted octanol–water partition coefficient (Wildman–Crippen LogP) is 6.63. The normalized spacial score (nSPS) is 12.1. The van der Waals surface area contributed by atoms with Crippen LogP contribution >= 0.6 is 0 Å². The van der Waals surface area contributed by atoms with Crippen LogP contribution in [0, 0.1) is 0 Å². The molecule has 0 spiro atoms. The van der Waals surface area contributed by atoms with Crippen molar-refractivity contribution in [1.82, 2.24) is 0 Å². The molecule has 0 aromatic heterocycles. The van der Waals surface area contributed by atoms with Crippen molar-refractivity contribution >= 4 is 16.6 Å². The smallest absolute Gasteiger partial charge is 0.231 e. The van der Waals surface area contributed by atoms with Crippen molar-refractivity contribution in [2.75, 3.05) is 14.2 Å². The van der Waals surface area contributed by atoms with Crippen molar-refractivity contribution in [2.45, 2.75) is 64.0 Å². The molecule has 166 valence electrons. The van der Waals surface area contributed by atoms with E-state index in [-0.39, 0.29) is 0 Å². The first-order valence-corrected chi connectivity index (χ1v) is 17.1. The Hall–Kier alpha value is -1.61. The van der Waals surface area contributed by atoms with Gasteiger partial charge in [0.1, 0.15) is 11.5 Å². The molecule has 0 radical (unpaired) electrons. The Morgan fingerprint density at radius 3 is 1.20 bits per heavy atom. The second-order valence-corrected chi connectivity index (χ2v) is 17.5. The minimum atomic E-state index is -1.82. The van der Waals surface area contributed by atoms with E-state index in [0.29, 0.717) is 0 Å². The second-order valence-electron chi connectivity index (χ2n) is 9.09. The summed E-state index contributed by atoms with van der Waals surface area (Å²) in [4.78, 5) is 0. The monoisotopic (exact) mass is 446 g/mol. The minimum absolute atomic E-state index is 0.907. The van der Waals surface area contributed by atoms with E-state index >= 15 is 0 Å². The van der Waals surface area contributed by atoms with Gasteiger partial charge in [0.05, 0.1) is 14.2 Å². The van der Waals surface area contributed by atoms with Gasteiger partial charge >= 0.3 is 0 Å². The fourth-order valence-electron chi connectivity index (χ4n) is 3.33. The van der Waals surface area contributed by atoms with Gasteiger partial charge in [-0.25, -0.2) is 0 Å². The van der Waals surface area contributed by atoms with Crippen LogP contribution in [0.25, 0.3) is 0 Å². The molecule has 2 aromatic rings. The zero-order valence-electron chi connectivity index (χ0n) is 19.5. The number of benzene rings is 2. The maximum absolute atomic E-state index is 6.07. The van der Waals surface area contributed by atoms with Crippen molar-refractivity contribution in [2.24, 2.45) is 0 Å². The SMILES string of the molecule is COc1ccc(CCC[Si](C)(C)OO[Si](C)(C)CCCc2ccc(OC)cc2)cc1. The molecule has 0 unspecified atom stereocenters. The average Bonchev–Trinajstić information content (AvgIpc) is 2.73. The first kappa shape index (κ1) is 24.7. The van der Waals surface area contributed by atoms with Crippen molar-refractivity contribution in [3.63, 3.8) is 0 Å². The molecule has 0 saturated carbocycles. The lowest BCUT2D eigenvalue weighted by atomic mass is 10.1. The quantitative estimate of drug-likeness (QED) is 0.197. The van der Waals surface area contributed by atoms with Gasteiger partial charge in [-0.2, -0.15) is 0 Å². The van der Waals surface area contributed by atoms with Crippen LogP contribution in [0.1, 0.15) is 24.0 Å². The molecule has 0 heterocycles. The predicted molar refractivity (Wildman–Crippen MR) is 129 cm³/mol. The summed E-state index contributed by atoms with van der Waals surface area (Å²) < 4.78 is 22.6. The zero-order chi connectivity index (χ0) is 22.0. The average molecular weight is 447 g/mol. The number of ether oxygens (including phenoxy) is 2. The highest BCUT2D eigenvalue weighted by Crippen LogP contribution is 2.23. The lowest BCUT2D eigenvalue weighted by molar-refractivity contribution is -0.125. The van der Waals surface area contributed by atoms with Crippen LogP contribution in [0.4, 0.5) is 0 Å². The Bertz CT molecular complexity index is 677. The first-order chi connectivity index (χ1) is 14.2. The molecule has 0 N–H and O–H groups in total. The molecule has 0 saturated heterocycles. The van der Waals surface area contributed by atoms with Crippen LogP contribution in [0.3, 0.4) is 0 Å². The Balaban J connectivity index is 1.68. The fraction of sp³-hybridized carbons (Fsp3) is 0.500. The van der Waals surface area contributed by atoms with Gasteiger partial charge in [-0.1, -0.05) is 24.3 Å². The lowest BCUT2D eigenvalue weighted by Gasteiger charge is -2.28. The van der Waals surface area contributed by atoms with E-state index in [2.05, 4.69) is 50.5 Å². The number of rotatable bonds is 13. The molecule has 0 bridgehead atoms. The van der Waals surface area contributed by atoms with Gasteiger partial charge in [-0.15, -0.1) is 0 Å². The Morgan fingerprint density at radius 2 is 0.900 bits per heavy atom. The topological polar surface area (TPSA) is 36.9 Å². The summed E-state index contributed by atoms with van der Waals surface area (Å²) in [7, 11) is -0.252. The lowest BCUT2D eigenvalue weighted by Crippen LogP contribution is -2.38. The van der Waals surface area contributed by atoms with E-state index in [9.17, 15) is 0 Å². The van der Waals surface area contributed by atoms with E-state index in [4.69, 9.17) is 18.6 Å². The maximum atomic E-state index is 6.07. The van der Waals surface area contributed by atoms with Gasteiger partial charge in [0.2, 0.25) is 16.6 Å². The van der Waals surface area contributed by atoms with Gasteiger partial charge in [-0.05, 0) is 99.4 Å². The van der Waals surface area contributed by atoms with Crippen molar-refractivity contribution in [3.05, 3.63) is 59.7 Å². The van der Waals surface area contributed by atoms with Gasteiger partial charge in [0.15, 0.2) is 0 Å². The number of hydrogen-bond acceptors (Lipinski definition) is 4. The Labute approximate surface area is 184 Å². The highest BCUT2D eigenvalue weighted by molar-refractivity contribution is 6.73. The van der Waals surface area contributed by atoms with Crippen LogP contribution in [-0.4, -0.2) is 30.9 Å². The molecular weight excluding hydrogens is 408 g/mol. The standard InChI is InChI=1S/C24H38O4Si2/c1-25-23-15-11-21(12-16-23)9-7-19-29(3,4)27-28-30(5,6)20-8-10-22-13-17-24(26-2)18-14-22/h11-18H,7-10,19-20H2,1-6H3. The molecule has 4 nitrogen and oxygen atoms in total. The molecular formula is C24H38O4Si2. The summed E-state index contributed by atoms with van der Waals surface area (Å²) in [6.07, 6.45) is 4.36. The van der Waals surface area contributed by atoms with E-state index in [1.165, 1.54) is 11.1 Å². The van der Waals surface area contributed by atoms with E-state index in [0.717, 1.165) is 49.3 Å². The maximum Gasteiger partial charge on any atom is 0.231 e. The van der Waals surface area contributed by atoms with Crippen molar-refractivity contribution in [3.8, 4) is 11.5 Å². The first-order valence-electron chi connectivity index (χ1n) is 10.9. The highest BCUT2D eigenvalue weighted by Gasteiger charge is 2.30. The molecule has 0 aliphatic heterocycles. The van der Waals surface area contributed by atoms with Crippen LogP contribution in [0.15, 0.2) is 48.5 Å². The third kappa shape index (κ3) is 9.04. The Kier molecular flexibility index (Phi) is 9.61. The third-order valence-electron chi connectivity index (χ3n) is 5.30. The molecule has 0 atom stereocenters. The van der Waals surface area contributed by atoms with Gasteiger partial charge < -0.3 is 9.47 Å². The van der Waals surface area contributed by atoms with Crippen molar-refractivity contribution < 1.29 is 18.6 Å². The molecule has 6 heteroatoms. The van der Waals surface area contributed by atoms with Crippen LogP contribution in [0.2, 0.25) is 38.3 Å². The van der Waals surface area contributed by atoms with Crippen LogP contribution in [-0.2, 0) is 22.0 Å². The molecule has 0 fully saturated rings. The van der Waals surface area contributed by atoms with Gasteiger partial charge in [0.25, 0.3) is 0 Å². The molecule has 30 heavy (non-hydrogen) atoms. The fourth-order valence-corrected chi connectivity index (χ4v) is 7.36. The third-order valence-corrected chi connectivity index (χ3v) is 9.65. The number of aryl methyl sites for hydroxylation is 2. The molecule has 0 aliphatic carbocycles. The number of methoxy groups -OCH3 is 2. The van der Waals surface area contributed by atoms with Gasteiger partial charge in [0, 0.05) is 0 Å². The van der Waals surface area contributed by atoms with E-state index < -0.39 is 16.6 Å². The molecule has 0 amide bonds. The summed E-state index contributed by atoms with van der Waals surface area (Å²) in [6, 6.07) is 18.9. The largest absolute Gasteiger partial charge is 0.497 e. The molecule has 2 aromatic carbocycles. The zero-order valence-corrected chi connectivity index (χ0v) is 21.5. The molecule has 2 rings (SSSR count). The van der Waals surface area contributed by atoms with E-state index in [1.54, 1.807) is 14.2 Å². The van der Waals surface area contributed by atoms with Crippen molar-refractivity contribution in [1.29, 1.82) is 0 Å². The summed E-state index contributed by atoms with van der Waals surface area (Å²) in [5.41, 5.74) is 2.68. The summed E-state index contributed by atoms with van der Waals surface area (Å²) >= 11 is 0. The second kappa shape index (κ2) is 11.7. The highest BCUT2D eigenvalue weighted by atomic mass is 28.4. The summed E-state index contributed by atoms with van der Waals surface area (Å²) in [5, 5.41) is 0. The van der Waals surface area contributed by atoms with Crippen LogP contribution in [0.5, 0.6) is 11.5 Å². The molecule has 0 aliphatic rings. The minimum Gasteiger partial charge on any atom is -0.497 e. The number of hydrogen-bond donors (Lipinski definition) is 0. The summed E-state index contributed by atoms with van der Waals surface area (Å²) in [6.45, 7) is 9.01. The summed E-state index contributed by atoms with van der Waals surface area (Å²) in [5.74, 6) is 1.81. The van der Waals surface area contributed by atoms with Gasteiger partial charge in [-0.3, -0.25) is 9.15 Å². The Morgan fingerprint density at radius 1 is 0.567 bits per heavy atom.